The third-order valence-electron chi connectivity index (χ3n) is 4.19. The van der Waals surface area contributed by atoms with Crippen LogP contribution in [0.3, 0.4) is 0 Å². The van der Waals surface area contributed by atoms with Gasteiger partial charge in [-0.2, -0.15) is 0 Å². The average molecular weight is 369 g/mol. The molecule has 0 aliphatic heterocycles. The second-order valence-corrected chi connectivity index (χ2v) is 6.56. The fraction of sp³-hybridized carbons (Fsp3) is 0.471. The highest BCUT2D eigenvalue weighted by molar-refractivity contribution is 6.30. The van der Waals surface area contributed by atoms with Crippen LogP contribution < -0.4 is 10.6 Å². The van der Waals surface area contributed by atoms with Gasteiger partial charge in [0.05, 0.1) is 0 Å². The van der Waals surface area contributed by atoms with Crippen LogP contribution in [0.5, 0.6) is 5.75 Å². The first-order valence-electron chi connectivity index (χ1n) is 8.13. The lowest BCUT2D eigenvalue weighted by Gasteiger charge is -2.29. The standard InChI is InChI=1S/C17H21ClN2O5/c1-10-4-2-3-5-13(10)19-17(24)20-15(22)9-25-16(23)12-7-6-11(18)8-14(12)21/h6-8,10,13,21H,2-5,9H2,1H3,(H2,19,20,22,24)/t10-,13+/m1/s1. The van der Waals surface area contributed by atoms with E-state index in [1.807, 2.05) is 0 Å². The second kappa shape index (κ2) is 8.71. The second-order valence-electron chi connectivity index (χ2n) is 6.13. The van der Waals surface area contributed by atoms with Crippen LogP contribution in [0.2, 0.25) is 5.02 Å². The molecule has 1 aromatic carbocycles. The average Bonchev–Trinajstić information content (AvgIpc) is 2.54. The SMILES string of the molecule is C[C@@H]1CCCC[C@@H]1NC(=O)NC(=O)COC(=O)c1ccc(Cl)cc1O. The van der Waals surface area contributed by atoms with Crippen LogP contribution in [0.1, 0.15) is 43.0 Å². The van der Waals surface area contributed by atoms with Gasteiger partial charge in [-0.3, -0.25) is 10.1 Å². The predicted octanol–water partition coefficient (Wildman–Crippen LogP) is 2.61. The molecule has 1 aliphatic carbocycles. The van der Waals surface area contributed by atoms with Crippen LogP contribution in [0.15, 0.2) is 18.2 Å². The first-order valence-corrected chi connectivity index (χ1v) is 8.50. The number of carbonyl (C=O) groups excluding carboxylic acids is 3. The van der Waals surface area contributed by atoms with Crippen LogP contribution in [0.25, 0.3) is 0 Å². The quantitative estimate of drug-likeness (QED) is 0.708. The number of urea groups is 1. The van der Waals surface area contributed by atoms with E-state index in [9.17, 15) is 19.5 Å². The topological polar surface area (TPSA) is 105 Å². The number of hydrogen-bond acceptors (Lipinski definition) is 5. The van der Waals surface area contributed by atoms with E-state index in [-0.39, 0.29) is 22.4 Å². The van der Waals surface area contributed by atoms with E-state index in [1.165, 1.54) is 18.2 Å². The Labute approximate surface area is 150 Å². The Morgan fingerprint density at radius 1 is 1.28 bits per heavy atom. The Morgan fingerprint density at radius 2 is 2.00 bits per heavy atom. The third kappa shape index (κ3) is 5.63. The van der Waals surface area contributed by atoms with Gasteiger partial charge in [-0.25, -0.2) is 9.59 Å². The highest BCUT2D eigenvalue weighted by Crippen LogP contribution is 2.24. The molecule has 0 bridgehead atoms. The Balaban J connectivity index is 1.77. The Bertz CT molecular complexity index is 664. The van der Waals surface area contributed by atoms with Crippen molar-refractivity contribution in [3.63, 3.8) is 0 Å². The number of halogens is 1. The van der Waals surface area contributed by atoms with Gasteiger partial charge in [-0.05, 0) is 37.0 Å². The number of aromatic hydroxyl groups is 1. The van der Waals surface area contributed by atoms with E-state index in [0.29, 0.717) is 5.92 Å². The minimum atomic E-state index is -0.884. The molecule has 136 valence electrons. The molecule has 3 amide bonds. The summed E-state index contributed by atoms with van der Waals surface area (Å²) in [5.41, 5.74) is -0.113. The molecule has 2 rings (SSSR count). The molecule has 25 heavy (non-hydrogen) atoms. The summed E-state index contributed by atoms with van der Waals surface area (Å²) >= 11 is 5.68. The summed E-state index contributed by atoms with van der Waals surface area (Å²) in [7, 11) is 0. The molecule has 1 fully saturated rings. The van der Waals surface area contributed by atoms with Crippen molar-refractivity contribution < 1.29 is 24.2 Å². The van der Waals surface area contributed by atoms with E-state index in [4.69, 9.17) is 16.3 Å². The Kier molecular flexibility index (Phi) is 6.64. The lowest BCUT2D eigenvalue weighted by molar-refractivity contribution is -0.123. The Hall–Kier alpha value is -2.28. The normalized spacial score (nSPS) is 19.8. The molecular weight excluding hydrogens is 348 g/mol. The summed E-state index contributed by atoms with van der Waals surface area (Å²) in [6.45, 7) is 1.43. The lowest BCUT2D eigenvalue weighted by atomic mass is 9.86. The zero-order chi connectivity index (χ0) is 18.4. The molecule has 7 nitrogen and oxygen atoms in total. The molecule has 3 N–H and O–H groups in total. The fourth-order valence-electron chi connectivity index (χ4n) is 2.78. The number of ether oxygens (including phenoxy) is 1. The van der Waals surface area contributed by atoms with Gasteiger partial charge in [0.15, 0.2) is 6.61 Å². The van der Waals surface area contributed by atoms with Gasteiger partial charge < -0.3 is 15.2 Å². The molecule has 1 saturated carbocycles. The molecule has 0 aromatic heterocycles. The molecule has 1 aromatic rings. The van der Waals surface area contributed by atoms with Crippen molar-refractivity contribution >= 4 is 29.5 Å². The van der Waals surface area contributed by atoms with Crippen LogP contribution in [-0.4, -0.2) is 35.7 Å². The van der Waals surface area contributed by atoms with Gasteiger partial charge in [-0.1, -0.05) is 31.4 Å². The van der Waals surface area contributed by atoms with E-state index in [0.717, 1.165) is 25.7 Å². The van der Waals surface area contributed by atoms with Gasteiger partial charge in [-0.15, -0.1) is 0 Å². The van der Waals surface area contributed by atoms with Crippen LogP contribution in [-0.2, 0) is 9.53 Å². The Morgan fingerprint density at radius 3 is 2.68 bits per heavy atom. The number of carbonyl (C=O) groups is 3. The number of nitrogens with one attached hydrogen (secondary N) is 2. The molecule has 0 unspecified atom stereocenters. The van der Waals surface area contributed by atoms with E-state index < -0.39 is 24.5 Å². The predicted molar refractivity (Wildman–Crippen MR) is 91.5 cm³/mol. The summed E-state index contributed by atoms with van der Waals surface area (Å²) in [5.74, 6) is -1.62. The van der Waals surface area contributed by atoms with E-state index in [2.05, 4.69) is 17.6 Å². The smallest absolute Gasteiger partial charge is 0.342 e. The molecule has 0 heterocycles. The number of rotatable bonds is 4. The molecule has 8 heteroatoms. The number of benzene rings is 1. The summed E-state index contributed by atoms with van der Waals surface area (Å²) in [6.07, 6.45) is 4.12. The van der Waals surface area contributed by atoms with Crippen molar-refractivity contribution in [3.05, 3.63) is 28.8 Å². The molecule has 1 aliphatic rings. The van der Waals surface area contributed by atoms with Crippen molar-refractivity contribution in [2.24, 2.45) is 5.92 Å². The molecule has 0 radical (unpaired) electrons. The highest BCUT2D eigenvalue weighted by Gasteiger charge is 2.23. The number of imide groups is 1. The van der Waals surface area contributed by atoms with E-state index in [1.54, 1.807) is 0 Å². The first kappa shape index (κ1) is 19.1. The van der Waals surface area contributed by atoms with Crippen LogP contribution in [0.4, 0.5) is 4.79 Å². The maximum atomic E-state index is 11.8. The summed E-state index contributed by atoms with van der Waals surface area (Å²) in [6, 6.07) is 3.33. The third-order valence-corrected chi connectivity index (χ3v) is 4.43. The fourth-order valence-corrected chi connectivity index (χ4v) is 2.95. The summed E-state index contributed by atoms with van der Waals surface area (Å²) in [4.78, 5) is 35.4. The number of phenolic OH excluding ortho intramolecular Hbond substituents is 1. The van der Waals surface area contributed by atoms with Crippen molar-refractivity contribution in [1.29, 1.82) is 0 Å². The molecule has 0 spiro atoms. The molecular formula is C17H21ClN2O5. The monoisotopic (exact) mass is 368 g/mol. The largest absolute Gasteiger partial charge is 0.507 e. The maximum Gasteiger partial charge on any atom is 0.342 e. The summed E-state index contributed by atoms with van der Waals surface area (Å²) in [5, 5.41) is 14.8. The van der Waals surface area contributed by atoms with Crippen molar-refractivity contribution in [1.82, 2.24) is 10.6 Å². The van der Waals surface area contributed by atoms with Crippen LogP contribution in [0, 0.1) is 5.92 Å². The number of esters is 1. The minimum absolute atomic E-state index is 0.0371. The number of amides is 3. The van der Waals surface area contributed by atoms with Crippen molar-refractivity contribution in [2.75, 3.05) is 6.61 Å². The van der Waals surface area contributed by atoms with Gasteiger partial charge in [0.25, 0.3) is 5.91 Å². The first-order chi connectivity index (χ1) is 11.9. The summed E-state index contributed by atoms with van der Waals surface area (Å²) < 4.78 is 4.79. The highest BCUT2D eigenvalue weighted by atomic mass is 35.5. The van der Waals surface area contributed by atoms with Gasteiger partial charge in [0, 0.05) is 11.1 Å². The van der Waals surface area contributed by atoms with Gasteiger partial charge in [0.2, 0.25) is 0 Å². The van der Waals surface area contributed by atoms with Crippen molar-refractivity contribution in [3.8, 4) is 5.75 Å². The lowest BCUT2D eigenvalue weighted by Crippen LogP contribution is -2.48. The zero-order valence-electron chi connectivity index (χ0n) is 13.9. The molecule has 0 saturated heterocycles. The number of hydrogen-bond donors (Lipinski definition) is 3. The van der Waals surface area contributed by atoms with Gasteiger partial charge in [0.1, 0.15) is 11.3 Å². The van der Waals surface area contributed by atoms with Crippen LogP contribution >= 0.6 is 11.6 Å². The van der Waals surface area contributed by atoms with E-state index >= 15 is 0 Å². The molecule has 2 atom stereocenters. The van der Waals surface area contributed by atoms with Gasteiger partial charge >= 0.3 is 12.0 Å². The number of phenols is 1. The zero-order valence-corrected chi connectivity index (χ0v) is 14.6. The minimum Gasteiger partial charge on any atom is -0.507 e. The maximum absolute atomic E-state index is 11.8. The van der Waals surface area contributed by atoms with Crippen molar-refractivity contribution in [2.45, 2.75) is 38.6 Å².